The maximum Gasteiger partial charge on any atom is 0.327 e. The van der Waals surface area contributed by atoms with Gasteiger partial charge in [0.25, 0.3) is 5.91 Å². The Morgan fingerprint density at radius 3 is 2.62 bits per heavy atom. The van der Waals surface area contributed by atoms with Gasteiger partial charge in [0.15, 0.2) is 0 Å². The lowest BCUT2D eigenvalue weighted by molar-refractivity contribution is -0.136. The predicted molar refractivity (Wildman–Crippen MR) is 107 cm³/mol. The molecule has 152 valence electrons. The van der Waals surface area contributed by atoms with E-state index in [-0.39, 0.29) is 18.4 Å². The summed E-state index contributed by atoms with van der Waals surface area (Å²) in [5.41, 5.74) is 0.769. The van der Waals surface area contributed by atoms with E-state index in [4.69, 9.17) is 0 Å². The highest BCUT2D eigenvalue weighted by molar-refractivity contribution is 6.10. The molecule has 1 aromatic heterocycles. The van der Waals surface area contributed by atoms with Crippen molar-refractivity contribution in [2.45, 2.75) is 44.2 Å². The maximum absolute atomic E-state index is 13.0. The van der Waals surface area contributed by atoms with Gasteiger partial charge in [0.2, 0.25) is 5.91 Å². The lowest BCUT2D eigenvalue weighted by atomic mass is 9.81. The van der Waals surface area contributed by atoms with Gasteiger partial charge in [-0.25, -0.2) is 4.79 Å². The number of anilines is 1. The molecular weight excluding hydrogens is 370 g/mol. The van der Waals surface area contributed by atoms with Gasteiger partial charge in [0, 0.05) is 25.1 Å². The summed E-state index contributed by atoms with van der Waals surface area (Å²) in [6.45, 7) is 0.233. The zero-order valence-corrected chi connectivity index (χ0v) is 16.5. The van der Waals surface area contributed by atoms with E-state index in [1.807, 2.05) is 30.5 Å². The lowest BCUT2D eigenvalue weighted by Gasteiger charge is -2.35. The number of nitrogens with zero attached hydrogens (tertiary/aromatic N) is 4. The number of nitrogens with one attached hydrogen (secondary N) is 1. The monoisotopic (exact) mass is 395 g/mol. The number of carbonyl (C=O) groups is 3. The van der Waals surface area contributed by atoms with Crippen LogP contribution in [0.15, 0.2) is 42.7 Å². The minimum atomic E-state index is -0.770. The van der Waals surface area contributed by atoms with E-state index < -0.39 is 11.6 Å². The summed E-state index contributed by atoms with van der Waals surface area (Å²) in [5.74, 6) is -0.634. The molecule has 1 aromatic carbocycles. The van der Waals surface area contributed by atoms with Crippen molar-refractivity contribution in [1.29, 1.82) is 0 Å². The first-order valence-corrected chi connectivity index (χ1v) is 9.96. The number of para-hydroxylation sites is 1. The number of benzene rings is 1. The molecule has 1 saturated carbocycles. The van der Waals surface area contributed by atoms with Crippen LogP contribution < -0.4 is 5.32 Å². The van der Waals surface area contributed by atoms with E-state index in [0.29, 0.717) is 25.1 Å². The van der Waals surface area contributed by atoms with Crippen molar-refractivity contribution in [3.63, 3.8) is 0 Å². The van der Waals surface area contributed by atoms with Crippen molar-refractivity contribution < 1.29 is 14.4 Å². The summed E-state index contributed by atoms with van der Waals surface area (Å²) in [6.07, 6.45) is 7.79. The molecule has 1 aliphatic heterocycles. The van der Waals surface area contributed by atoms with Gasteiger partial charge in [0.1, 0.15) is 12.1 Å². The Hall–Kier alpha value is -3.16. The molecule has 2 aromatic rings. The SMILES string of the molecule is CN1C(=O)N(CC(=O)Nc2ccccc2Cn2cccn2)C(=O)C12CCCCC2. The van der Waals surface area contributed by atoms with Gasteiger partial charge >= 0.3 is 6.03 Å². The minimum absolute atomic E-state index is 0.246. The fraction of sp³-hybridized carbons (Fsp3) is 0.429. The minimum Gasteiger partial charge on any atom is -0.324 e. The van der Waals surface area contributed by atoms with E-state index in [1.165, 1.54) is 4.90 Å². The van der Waals surface area contributed by atoms with E-state index in [0.717, 1.165) is 29.7 Å². The highest BCUT2D eigenvalue weighted by Gasteiger charge is 2.55. The summed E-state index contributed by atoms with van der Waals surface area (Å²) in [6, 6.07) is 8.89. The summed E-state index contributed by atoms with van der Waals surface area (Å²) in [5, 5.41) is 7.04. The smallest absolute Gasteiger partial charge is 0.324 e. The van der Waals surface area contributed by atoms with Crippen LogP contribution in [0, 0.1) is 0 Å². The molecule has 1 saturated heterocycles. The molecule has 1 N–H and O–H groups in total. The number of hydrogen-bond donors (Lipinski definition) is 1. The first-order valence-electron chi connectivity index (χ1n) is 9.96. The Kier molecular flexibility index (Phi) is 5.08. The first kappa shape index (κ1) is 19.2. The average Bonchev–Trinajstić information content (AvgIpc) is 3.30. The molecule has 0 radical (unpaired) electrons. The second-order valence-electron chi connectivity index (χ2n) is 7.73. The lowest BCUT2D eigenvalue weighted by Crippen LogP contribution is -2.49. The third-order valence-corrected chi connectivity index (χ3v) is 5.97. The summed E-state index contributed by atoms with van der Waals surface area (Å²) in [4.78, 5) is 41.1. The predicted octanol–water partition coefficient (Wildman–Crippen LogP) is 2.47. The molecule has 29 heavy (non-hydrogen) atoms. The number of imide groups is 1. The number of amides is 4. The quantitative estimate of drug-likeness (QED) is 0.788. The van der Waals surface area contributed by atoms with Gasteiger partial charge in [-0.1, -0.05) is 37.5 Å². The molecule has 1 spiro atoms. The zero-order chi connectivity index (χ0) is 20.4. The Labute approximate surface area is 169 Å². The molecule has 1 aliphatic carbocycles. The highest BCUT2D eigenvalue weighted by Crippen LogP contribution is 2.39. The van der Waals surface area contributed by atoms with Gasteiger partial charge in [-0.15, -0.1) is 0 Å². The summed E-state index contributed by atoms with van der Waals surface area (Å²) >= 11 is 0. The van der Waals surface area contributed by atoms with Crippen LogP contribution in [0.5, 0.6) is 0 Å². The molecule has 8 nitrogen and oxygen atoms in total. The number of aromatic nitrogens is 2. The van der Waals surface area contributed by atoms with Crippen molar-refractivity contribution >= 4 is 23.5 Å². The van der Waals surface area contributed by atoms with Crippen molar-refractivity contribution in [1.82, 2.24) is 19.6 Å². The van der Waals surface area contributed by atoms with Gasteiger partial charge in [-0.2, -0.15) is 5.10 Å². The number of rotatable bonds is 5. The van der Waals surface area contributed by atoms with Crippen LogP contribution in [-0.4, -0.2) is 56.6 Å². The fourth-order valence-electron chi connectivity index (χ4n) is 4.35. The largest absolute Gasteiger partial charge is 0.327 e. The van der Waals surface area contributed by atoms with Gasteiger partial charge < -0.3 is 10.2 Å². The molecule has 2 aliphatic rings. The second-order valence-corrected chi connectivity index (χ2v) is 7.73. The number of carbonyl (C=O) groups excluding carboxylic acids is 3. The zero-order valence-electron chi connectivity index (χ0n) is 16.5. The molecule has 4 rings (SSSR count). The normalized spacial score (nSPS) is 18.5. The van der Waals surface area contributed by atoms with Crippen molar-refractivity contribution in [3.8, 4) is 0 Å². The van der Waals surface area contributed by atoms with Crippen LogP contribution in [-0.2, 0) is 16.1 Å². The highest BCUT2D eigenvalue weighted by atomic mass is 16.2. The van der Waals surface area contributed by atoms with Crippen LogP contribution >= 0.6 is 0 Å². The van der Waals surface area contributed by atoms with E-state index in [9.17, 15) is 14.4 Å². The Morgan fingerprint density at radius 2 is 1.90 bits per heavy atom. The molecule has 0 unspecified atom stereocenters. The third-order valence-electron chi connectivity index (χ3n) is 5.97. The van der Waals surface area contributed by atoms with Gasteiger partial charge in [-0.3, -0.25) is 19.2 Å². The van der Waals surface area contributed by atoms with E-state index in [1.54, 1.807) is 24.0 Å². The van der Waals surface area contributed by atoms with Crippen LogP contribution in [0.3, 0.4) is 0 Å². The topological polar surface area (TPSA) is 87.5 Å². The third kappa shape index (κ3) is 3.50. The van der Waals surface area contributed by atoms with Crippen molar-refractivity contribution in [2.24, 2.45) is 0 Å². The molecule has 2 fully saturated rings. The molecular formula is C21H25N5O3. The number of likely N-dealkylation sites (N-methyl/N-ethyl adjacent to an activating group) is 1. The molecule has 0 bridgehead atoms. The van der Waals surface area contributed by atoms with Gasteiger partial charge in [-0.05, 0) is 30.5 Å². The van der Waals surface area contributed by atoms with Crippen LogP contribution in [0.1, 0.15) is 37.7 Å². The van der Waals surface area contributed by atoms with Crippen molar-refractivity contribution in [2.75, 3.05) is 18.9 Å². The summed E-state index contributed by atoms with van der Waals surface area (Å²) < 4.78 is 1.76. The average molecular weight is 395 g/mol. The maximum atomic E-state index is 13.0. The molecule has 0 atom stereocenters. The molecule has 2 heterocycles. The Bertz CT molecular complexity index is 918. The Morgan fingerprint density at radius 1 is 1.14 bits per heavy atom. The van der Waals surface area contributed by atoms with Crippen LogP contribution in [0.2, 0.25) is 0 Å². The number of urea groups is 1. The fourth-order valence-corrected chi connectivity index (χ4v) is 4.35. The van der Waals surface area contributed by atoms with E-state index in [2.05, 4.69) is 10.4 Å². The van der Waals surface area contributed by atoms with Crippen LogP contribution in [0.4, 0.5) is 10.5 Å². The Balaban J connectivity index is 1.46. The van der Waals surface area contributed by atoms with Crippen LogP contribution in [0.25, 0.3) is 0 Å². The first-order chi connectivity index (χ1) is 14.0. The number of hydrogen-bond acceptors (Lipinski definition) is 4. The summed E-state index contributed by atoms with van der Waals surface area (Å²) in [7, 11) is 1.67. The molecule has 4 amide bonds. The second kappa shape index (κ2) is 7.69. The standard InChI is InChI=1S/C21H25N5O3/c1-24-20(29)26(19(28)21(24)10-5-2-6-11-21)15-18(27)23-17-9-4-3-8-16(17)14-25-13-7-12-22-25/h3-4,7-9,12-13H,2,5-6,10-11,14-15H2,1H3,(H,23,27). The van der Waals surface area contributed by atoms with E-state index >= 15 is 0 Å². The van der Waals surface area contributed by atoms with Gasteiger partial charge in [0.05, 0.1) is 6.54 Å². The molecule has 8 heteroatoms. The van der Waals surface area contributed by atoms with Crippen molar-refractivity contribution in [3.05, 3.63) is 48.3 Å².